The van der Waals surface area contributed by atoms with Crippen LogP contribution in [0.4, 0.5) is 11.4 Å². The number of carbonyl (C=O) groups is 2. The lowest BCUT2D eigenvalue weighted by atomic mass is 10.1. The molecule has 2 amide bonds. The lowest BCUT2D eigenvalue weighted by molar-refractivity contribution is -0.385. The Kier molecular flexibility index (Phi) is 5.49. The van der Waals surface area contributed by atoms with E-state index in [2.05, 4.69) is 10.6 Å². The number of benzene rings is 2. The van der Waals surface area contributed by atoms with E-state index in [9.17, 15) is 19.7 Å². The van der Waals surface area contributed by atoms with Crippen LogP contribution in [0.3, 0.4) is 0 Å². The van der Waals surface area contributed by atoms with Crippen molar-refractivity contribution >= 4 is 34.8 Å². The molecule has 0 aliphatic heterocycles. The third-order valence-electron chi connectivity index (χ3n) is 3.26. The zero-order valence-electron chi connectivity index (χ0n) is 12.7. The Morgan fingerprint density at radius 1 is 1.17 bits per heavy atom. The summed E-state index contributed by atoms with van der Waals surface area (Å²) in [5.74, 6) is -0.735. The van der Waals surface area contributed by atoms with Crippen LogP contribution in [0.25, 0.3) is 0 Å². The molecule has 0 fully saturated rings. The van der Waals surface area contributed by atoms with Crippen LogP contribution in [0.15, 0.2) is 42.5 Å². The van der Waals surface area contributed by atoms with Crippen LogP contribution >= 0.6 is 11.6 Å². The van der Waals surface area contributed by atoms with Gasteiger partial charge in [0.05, 0.1) is 11.3 Å². The number of nitro groups is 1. The van der Waals surface area contributed by atoms with Gasteiger partial charge in [-0.2, -0.15) is 0 Å². The van der Waals surface area contributed by atoms with Crippen molar-refractivity contribution in [2.75, 3.05) is 12.4 Å². The normalized spacial score (nSPS) is 10.1. The van der Waals surface area contributed by atoms with Crippen LogP contribution in [0, 0.1) is 10.1 Å². The van der Waals surface area contributed by atoms with Crippen molar-refractivity contribution < 1.29 is 14.5 Å². The van der Waals surface area contributed by atoms with Gasteiger partial charge in [-0.25, -0.2) is 0 Å². The molecule has 0 aliphatic rings. The highest BCUT2D eigenvalue weighted by molar-refractivity contribution is 6.31. The van der Waals surface area contributed by atoms with Crippen molar-refractivity contribution in [2.45, 2.75) is 6.42 Å². The number of anilines is 1. The summed E-state index contributed by atoms with van der Waals surface area (Å²) in [6, 6.07) is 10.5. The summed E-state index contributed by atoms with van der Waals surface area (Å²) >= 11 is 5.73. The molecule has 7 nitrogen and oxygen atoms in total. The molecular formula is C16H14ClN3O4. The molecule has 2 N–H and O–H groups in total. The van der Waals surface area contributed by atoms with Crippen molar-refractivity contribution in [3.05, 3.63) is 68.7 Å². The standard InChI is InChI=1S/C16H14ClN3O4/c1-18-15(21)8-10-2-5-12(6-3-10)19-16(22)13-7-4-11(17)9-14(13)20(23)24/h2-7,9H,8H2,1H3,(H,18,21)(H,19,22). The Bertz CT molecular complexity index is 790. The van der Waals surface area contributed by atoms with Gasteiger partial charge in [-0.05, 0) is 29.8 Å². The molecule has 0 spiro atoms. The van der Waals surface area contributed by atoms with Crippen LogP contribution in [-0.4, -0.2) is 23.8 Å². The summed E-state index contributed by atoms with van der Waals surface area (Å²) in [6.07, 6.45) is 0.230. The molecule has 2 aromatic rings. The van der Waals surface area contributed by atoms with E-state index in [0.29, 0.717) is 5.69 Å². The zero-order valence-corrected chi connectivity index (χ0v) is 13.5. The van der Waals surface area contributed by atoms with Crippen LogP contribution in [0.2, 0.25) is 5.02 Å². The van der Waals surface area contributed by atoms with Gasteiger partial charge in [-0.15, -0.1) is 0 Å². The molecule has 2 aromatic carbocycles. The summed E-state index contributed by atoms with van der Waals surface area (Å²) in [5, 5.41) is 16.3. The van der Waals surface area contributed by atoms with Crippen LogP contribution in [-0.2, 0) is 11.2 Å². The largest absolute Gasteiger partial charge is 0.359 e. The van der Waals surface area contributed by atoms with E-state index < -0.39 is 10.8 Å². The second kappa shape index (κ2) is 7.56. The summed E-state index contributed by atoms with van der Waals surface area (Å²) in [6.45, 7) is 0. The highest BCUT2D eigenvalue weighted by Gasteiger charge is 2.20. The Hall–Kier alpha value is -2.93. The number of carbonyl (C=O) groups excluding carboxylic acids is 2. The topological polar surface area (TPSA) is 101 Å². The molecule has 124 valence electrons. The van der Waals surface area contributed by atoms with Gasteiger partial charge in [0, 0.05) is 23.8 Å². The SMILES string of the molecule is CNC(=O)Cc1ccc(NC(=O)c2ccc(Cl)cc2[N+](=O)[O-])cc1. The summed E-state index contributed by atoms with van der Waals surface area (Å²) in [7, 11) is 1.55. The number of hydrogen-bond donors (Lipinski definition) is 2. The van der Waals surface area contributed by atoms with Crippen LogP contribution in [0.1, 0.15) is 15.9 Å². The molecule has 0 unspecified atom stereocenters. The first-order valence-corrected chi connectivity index (χ1v) is 7.33. The Labute approximate surface area is 142 Å². The van der Waals surface area contributed by atoms with Crippen molar-refractivity contribution in [3.8, 4) is 0 Å². The fraction of sp³-hybridized carbons (Fsp3) is 0.125. The number of rotatable bonds is 5. The monoisotopic (exact) mass is 347 g/mol. The third kappa shape index (κ3) is 4.30. The van der Waals surface area contributed by atoms with Gasteiger partial charge < -0.3 is 10.6 Å². The average molecular weight is 348 g/mol. The van der Waals surface area contributed by atoms with E-state index in [-0.39, 0.29) is 28.6 Å². The highest BCUT2D eigenvalue weighted by atomic mass is 35.5. The van der Waals surface area contributed by atoms with E-state index in [4.69, 9.17) is 11.6 Å². The average Bonchev–Trinajstić information content (AvgIpc) is 2.56. The highest BCUT2D eigenvalue weighted by Crippen LogP contribution is 2.24. The second-order valence-corrected chi connectivity index (χ2v) is 5.36. The Balaban J connectivity index is 2.15. The molecule has 0 aliphatic carbocycles. The molecule has 0 aromatic heterocycles. The van der Waals surface area contributed by atoms with Gasteiger partial charge in [0.15, 0.2) is 0 Å². The lowest BCUT2D eigenvalue weighted by Gasteiger charge is -2.07. The van der Waals surface area contributed by atoms with E-state index in [1.807, 2.05) is 0 Å². The fourth-order valence-electron chi connectivity index (χ4n) is 2.03. The molecule has 0 saturated carbocycles. The maximum Gasteiger partial charge on any atom is 0.283 e. The number of amides is 2. The minimum absolute atomic E-state index is 0.0844. The molecule has 2 rings (SSSR count). The predicted octanol–water partition coefficient (Wildman–Crippen LogP) is 2.79. The summed E-state index contributed by atoms with van der Waals surface area (Å²) in [4.78, 5) is 33.9. The zero-order chi connectivity index (χ0) is 17.7. The smallest absolute Gasteiger partial charge is 0.283 e. The number of hydrogen-bond acceptors (Lipinski definition) is 4. The summed E-state index contributed by atoms with van der Waals surface area (Å²) < 4.78 is 0. The van der Waals surface area contributed by atoms with Crippen LogP contribution < -0.4 is 10.6 Å². The Morgan fingerprint density at radius 2 is 1.83 bits per heavy atom. The van der Waals surface area contributed by atoms with Crippen molar-refractivity contribution in [1.82, 2.24) is 5.32 Å². The minimum Gasteiger partial charge on any atom is -0.359 e. The van der Waals surface area contributed by atoms with E-state index in [1.54, 1.807) is 31.3 Å². The molecule has 0 heterocycles. The first-order chi connectivity index (χ1) is 11.4. The fourth-order valence-corrected chi connectivity index (χ4v) is 2.19. The van der Waals surface area contributed by atoms with Gasteiger partial charge in [0.1, 0.15) is 5.56 Å². The minimum atomic E-state index is -0.659. The van der Waals surface area contributed by atoms with E-state index >= 15 is 0 Å². The molecule has 0 atom stereocenters. The quantitative estimate of drug-likeness (QED) is 0.641. The first kappa shape index (κ1) is 17.4. The van der Waals surface area contributed by atoms with Crippen LogP contribution in [0.5, 0.6) is 0 Å². The van der Waals surface area contributed by atoms with Gasteiger partial charge in [-0.1, -0.05) is 23.7 Å². The van der Waals surface area contributed by atoms with Crippen molar-refractivity contribution in [3.63, 3.8) is 0 Å². The number of nitrogens with one attached hydrogen (secondary N) is 2. The van der Waals surface area contributed by atoms with Crippen molar-refractivity contribution in [1.29, 1.82) is 0 Å². The predicted molar refractivity (Wildman–Crippen MR) is 90.3 cm³/mol. The number of likely N-dealkylation sites (N-methyl/N-ethyl adjacent to an activating group) is 1. The van der Waals surface area contributed by atoms with Gasteiger partial charge in [0.2, 0.25) is 5.91 Å². The maximum atomic E-state index is 12.2. The maximum absolute atomic E-state index is 12.2. The molecule has 24 heavy (non-hydrogen) atoms. The molecule has 8 heteroatoms. The third-order valence-corrected chi connectivity index (χ3v) is 3.49. The van der Waals surface area contributed by atoms with Gasteiger partial charge in [-0.3, -0.25) is 19.7 Å². The lowest BCUT2D eigenvalue weighted by Crippen LogP contribution is -2.19. The van der Waals surface area contributed by atoms with Gasteiger partial charge in [0.25, 0.3) is 11.6 Å². The molecule has 0 saturated heterocycles. The number of nitrogens with zero attached hydrogens (tertiary/aromatic N) is 1. The number of halogens is 1. The van der Waals surface area contributed by atoms with E-state index in [0.717, 1.165) is 11.6 Å². The second-order valence-electron chi connectivity index (χ2n) is 4.92. The van der Waals surface area contributed by atoms with Crippen molar-refractivity contribution in [2.24, 2.45) is 0 Å². The first-order valence-electron chi connectivity index (χ1n) is 6.95. The Morgan fingerprint density at radius 3 is 2.42 bits per heavy atom. The van der Waals surface area contributed by atoms with E-state index in [1.165, 1.54) is 12.1 Å². The molecular weight excluding hydrogens is 334 g/mol. The van der Waals surface area contributed by atoms with Gasteiger partial charge >= 0.3 is 0 Å². The molecule has 0 radical (unpaired) electrons. The molecule has 0 bridgehead atoms. The number of nitro benzene ring substituents is 1. The summed E-state index contributed by atoms with van der Waals surface area (Å²) in [5.41, 5.74) is 0.796.